The normalized spacial score (nSPS) is 18.2. The number of nitrogens with zero attached hydrogens (tertiary/aromatic N) is 5. The molecule has 1 saturated heterocycles. The highest BCUT2D eigenvalue weighted by molar-refractivity contribution is 7.91. The van der Waals surface area contributed by atoms with Crippen LogP contribution in [0.4, 0.5) is 10.3 Å². The molecule has 0 spiro atoms. The number of nitrogens with one attached hydrogen (secondary N) is 2. The quantitative estimate of drug-likeness (QED) is 0.350. The molecule has 1 aliphatic heterocycles. The lowest BCUT2D eigenvalue weighted by molar-refractivity contribution is 0.0846. The summed E-state index contributed by atoms with van der Waals surface area (Å²) in [5, 5.41) is 20.4. The molecule has 188 valence electrons. The van der Waals surface area contributed by atoms with Crippen LogP contribution in [0.25, 0.3) is 10.9 Å². The molecule has 3 aromatic heterocycles. The van der Waals surface area contributed by atoms with Crippen molar-refractivity contribution in [2.75, 3.05) is 24.6 Å². The van der Waals surface area contributed by atoms with Gasteiger partial charge >= 0.3 is 0 Å². The predicted octanol–water partition coefficient (Wildman–Crippen LogP) is 1.34. The SMILES string of the molecule is Cc1c(S(=O)(=O)c2ccc3[nH]ncc3c2)cc(C(=O)NC2(CO)CCN(c3ncc(F)cn3)C2)n1C. The maximum absolute atomic E-state index is 13.4. The molecular weight excluding hydrogens is 489 g/mol. The minimum atomic E-state index is -3.92. The summed E-state index contributed by atoms with van der Waals surface area (Å²) in [4.78, 5) is 23.1. The van der Waals surface area contributed by atoms with Gasteiger partial charge in [-0.2, -0.15) is 5.10 Å². The number of aliphatic hydroxyl groups excluding tert-OH is 1. The van der Waals surface area contributed by atoms with Crippen LogP contribution in [0.2, 0.25) is 0 Å². The number of rotatable bonds is 6. The zero-order chi connectivity index (χ0) is 25.7. The molecule has 13 heteroatoms. The number of amides is 1. The molecule has 1 fully saturated rings. The molecule has 0 bridgehead atoms. The largest absolute Gasteiger partial charge is 0.394 e. The van der Waals surface area contributed by atoms with Crippen molar-refractivity contribution in [3.8, 4) is 0 Å². The van der Waals surface area contributed by atoms with Crippen LogP contribution in [0, 0.1) is 12.7 Å². The molecular formula is C23H24FN7O4S. The Balaban J connectivity index is 1.41. The molecule has 1 amide bonds. The lowest BCUT2D eigenvalue weighted by atomic mass is 9.99. The molecule has 1 aliphatic rings. The predicted molar refractivity (Wildman–Crippen MR) is 128 cm³/mol. The number of halogens is 1. The van der Waals surface area contributed by atoms with E-state index in [4.69, 9.17) is 0 Å². The van der Waals surface area contributed by atoms with Gasteiger partial charge in [-0.3, -0.25) is 9.89 Å². The average Bonchev–Trinajstić information content (AvgIpc) is 3.58. The maximum atomic E-state index is 13.4. The molecule has 1 atom stereocenters. The Morgan fingerprint density at radius 2 is 2.00 bits per heavy atom. The summed E-state index contributed by atoms with van der Waals surface area (Å²) in [6.45, 7) is 1.93. The van der Waals surface area contributed by atoms with Gasteiger partial charge in [0.1, 0.15) is 5.69 Å². The van der Waals surface area contributed by atoms with E-state index >= 15 is 0 Å². The number of anilines is 1. The van der Waals surface area contributed by atoms with E-state index in [9.17, 15) is 22.7 Å². The number of aromatic amines is 1. The third-order valence-corrected chi connectivity index (χ3v) is 8.52. The average molecular weight is 514 g/mol. The van der Waals surface area contributed by atoms with E-state index in [1.807, 2.05) is 0 Å². The highest BCUT2D eigenvalue weighted by atomic mass is 32.2. The number of carbonyl (C=O) groups is 1. The van der Waals surface area contributed by atoms with Gasteiger partial charge < -0.3 is 19.9 Å². The van der Waals surface area contributed by atoms with Crippen molar-refractivity contribution in [1.82, 2.24) is 30.0 Å². The molecule has 4 heterocycles. The Morgan fingerprint density at radius 3 is 2.72 bits per heavy atom. The molecule has 0 aliphatic carbocycles. The Labute approximate surface area is 205 Å². The third-order valence-electron chi connectivity index (χ3n) is 6.66. The van der Waals surface area contributed by atoms with E-state index in [-0.39, 0.29) is 28.6 Å². The summed E-state index contributed by atoms with van der Waals surface area (Å²) in [6, 6.07) is 6.02. The van der Waals surface area contributed by atoms with Gasteiger partial charge in [-0.15, -0.1) is 0 Å². The third kappa shape index (κ3) is 3.99. The first-order valence-corrected chi connectivity index (χ1v) is 12.6. The standard InChI is InChI=1S/C23H24FN7O4S/c1-14-20(36(34,35)17-3-4-18-15(7-17)9-27-29-18)8-19(30(14)2)21(33)28-23(13-32)5-6-31(12-23)22-25-10-16(24)11-26-22/h3-4,7-11,32H,5-6,12-13H2,1-2H3,(H,27,29)(H,28,33). The number of hydrogen-bond acceptors (Lipinski definition) is 8. The molecule has 3 N–H and O–H groups in total. The first kappa shape index (κ1) is 23.9. The van der Waals surface area contributed by atoms with E-state index in [0.29, 0.717) is 35.5 Å². The van der Waals surface area contributed by atoms with Gasteiger partial charge in [0.25, 0.3) is 5.91 Å². The zero-order valence-corrected chi connectivity index (χ0v) is 20.4. The number of benzene rings is 1. The smallest absolute Gasteiger partial charge is 0.268 e. The molecule has 4 aromatic rings. The zero-order valence-electron chi connectivity index (χ0n) is 19.6. The fourth-order valence-electron chi connectivity index (χ4n) is 4.46. The Morgan fingerprint density at radius 1 is 1.25 bits per heavy atom. The van der Waals surface area contributed by atoms with Crippen molar-refractivity contribution < 1.29 is 22.7 Å². The highest BCUT2D eigenvalue weighted by Crippen LogP contribution is 2.29. The van der Waals surface area contributed by atoms with E-state index < -0.39 is 27.1 Å². The first-order chi connectivity index (χ1) is 17.1. The van der Waals surface area contributed by atoms with E-state index in [1.54, 1.807) is 31.1 Å². The Kier molecular flexibility index (Phi) is 5.75. The van der Waals surface area contributed by atoms with Gasteiger partial charge in [-0.1, -0.05) is 0 Å². The molecule has 1 aromatic carbocycles. The van der Waals surface area contributed by atoms with Crippen molar-refractivity contribution in [2.45, 2.75) is 28.7 Å². The second-order valence-electron chi connectivity index (χ2n) is 8.93. The molecule has 0 saturated carbocycles. The van der Waals surface area contributed by atoms with Crippen LogP contribution in [-0.2, 0) is 16.9 Å². The second kappa shape index (κ2) is 8.68. The van der Waals surface area contributed by atoms with Gasteiger partial charge in [-0.25, -0.2) is 22.8 Å². The van der Waals surface area contributed by atoms with Crippen LogP contribution in [-0.4, -0.2) is 69.4 Å². The van der Waals surface area contributed by atoms with Crippen LogP contribution in [0.3, 0.4) is 0 Å². The molecule has 0 radical (unpaired) electrons. The topological polar surface area (TPSA) is 146 Å². The van der Waals surface area contributed by atoms with Crippen LogP contribution in [0.15, 0.2) is 52.6 Å². The number of carbonyl (C=O) groups excluding carboxylic acids is 1. The number of fused-ring (bicyclic) bond motifs is 1. The van der Waals surface area contributed by atoms with Gasteiger partial charge in [0.15, 0.2) is 5.82 Å². The second-order valence-corrected chi connectivity index (χ2v) is 10.8. The molecule has 1 unspecified atom stereocenters. The van der Waals surface area contributed by atoms with Gasteiger partial charge in [0.05, 0.1) is 46.0 Å². The Hall–Kier alpha value is -3.84. The van der Waals surface area contributed by atoms with Gasteiger partial charge in [0, 0.05) is 31.2 Å². The fourth-order valence-corrected chi connectivity index (χ4v) is 6.04. The van der Waals surface area contributed by atoms with Crippen molar-refractivity contribution in [3.05, 3.63) is 60.1 Å². The van der Waals surface area contributed by atoms with Crippen molar-refractivity contribution in [3.63, 3.8) is 0 Å². The number of H-pyrrole nitrogens is 1. The summed E-state index contributed by atoms with van der Waals surface area (Å²) >= 11 is 0. The summed E-state index contributed by atoms with van der Waals surface area (Å²) in [7, 11) is -2.31. The van der Waals surface area contributed by atoms with Gasteiger partial charge in [-0.05, 0) is 37.6 Å². The fraction of sp³-hybridized carbons (Fsp3) is 0.304. The van der Waals surface area contributed by atoms with E-state index in [0.717, 1.165) is 12.4 Å². The van der Waals surface area contributed by atoms with Gasteiger partial charge in [0.2, 0.25) is 15.8 Å². The number of aromatic nitrogens is 5. The Bertz CT molecular complexity index is 1570. The summed E-state index contributed by atoms with van der Waals surface area (Å²) in [6.07, 6.45) is 4.05. The van der Waals surface area contributed by atoms with Crippen molar-refractivity contribution >= 4 is 32.6 Å². The lowest BCUT2D eigenvalue weighted by Gasteiger charge is -2.28. The first-order valence-electron chi connectivity index (χ1n) is 11.1. The minimum absolute atomic E-state index is 0.0174. The summed E-state index contributed by atoms with van der Waals surface area (Å²) < 4.78 is 41.6. The summed E-state index contributed by atoms with van der Waals surface area (Å²) in [5.74, 6) is -0.795. The molecule has 5 rings (SSSR count). The molecule has 11 nitrogen and oxygen atoms in total. The van der Waals surface area contributed by atoms with Crippen molar-refractivity contribution in [2.24, 2.45) is 7.05 Å². The van der Waals surface area contributed by atoms with E-state index in [1.165, 1.54) is 22.8 Å². The summed E-state index contributed by atoms with van der Waals surface area (Å²) in [5.41, 5.74) is 0.251. The van der Waals surface area contributed by atoms with Crippen LogP contribution >= 0.6 is 0 Å². The lowest BCUT2D eigenvalue weighted by Crippen LogP contribution is -2.53. The van der Waals surface area contributed by atoms with Crippen LogP contribution in [0.5, 0.6) is 0 Å². The number of aliphatic hydroxyl groups is 1. The van der Waals surface area contributed by atoms with Crippen molar-refractivity contribution in [1.29, 1.82) is 0 Å². The van der Waals surface area contributed by atoms with E-state index in [2.05, 4.69) is 25.5 Å². The monoisotopic (exact) mass is 513 g/mol. The number of sulfone groups is 1. The van der Waals surface area contributed by atoms with Crippen LogP contribution < -0.4 is 10.2 Å². The molecule has 36 heavy (non-hydrogen) atoms. The number of hydrogen-bond donors (Lipinski definition) is 3. The van der Waals surface area contributed by atoms with Crippen LogP contribution in [0.1, 0.15) is 22.6 Å². The highest BCUT2D eigenvalue weighted by Gasteiger charge is 2.41. The minimum Gasteiger partial charge on any atom is -0.394 e. The maximum Gasteiger partial charge on any atom is 0.268 e.